The lowest BCUT2D eigenvalue weighted by atomic mass is 10.2. The average Bonchev–Trinajstić information content (AvgIpc) is 2.41. The van der Waals surface area contributed by atoms with Gasteiger partial charge in [0, 0.05) is 24.7 Å². The molecule has 0 spiro atoms. The minimum Gasteiger partial charge on any atom is -0.354 e. The minimum atomic E-state index is -0.410. The van der Waals surface area contributed by atoms with E-state index in [0.717, 1.165) is 11.1 Å². The zero-order valence-corrected chi connectivity index (χ0v) is 12.7. The summed E-state index contributed by atoms with van der Waals surface area (Å²) in [5.74, 6) is 0.700. The van der Waals surface area contributed by atoms with Gasteiger partial charge in [-0.25, -0.2) is 4.99 Å². The highest BCUT2D eigenvalue weighted by Gasteiger charge is 2.04. The molecule has 0 aliphatic heterocycles. The number of rotatable bonds is 6. The van der Waals surface area contributed by atoms with Crippen LogP contribution in [0.2, 0.25) is 0 Å². The van der Waals surface area contributed by atoms with Crippen molar-refractivity contribution in [1.82, 2.24) is 10.6 Å². The standard InChI is InChI=1S/C15H22N4O2/c1-11(2)9-16-15(18-12(3)4)17-10-13-5-7-14(8-6-13)19(20)21/h5-8,12H,1,9-10H2,2-4H3,(H2,16,17,18). The Morgan fingerprint density at radius 2 is 2.00 bits per heavy atom. The van der Waals surface area contributed by atoms with Gasteiger partial charge in [-0.05, 0) is 26.3 Å². The Balaban J connectivity index is 2.71. The Kier molecular flexibility index (Phi) is 6.39. The SMILES string of the molecule is C=C(C)CNC(=NCc1ccc([N+](=O)[O-])cc1)NC(C)C. The van der Waals surface area contributed by atoms with Crippen LogP contribution in [0.5, 0.6) is 0 Å². The molecule has 1 aromatic carbocycles. The molecule has 21 heavy (non-hydrogen) atoms. The fraction of sp³-hybridized carbons (Fsp3) is 0.400. The van der Waals surface area contributed by atoms with E-state index in [-0.39, 0.29) is 11.7 Å². The fourth-order valence-electron chi connectivity index (χ4n) is 1.55. The second kappa shape index (κ2) is 8.04. The molecule has 1 aromatic rings. The zero-order chi connectivity index (χ0) is 15.8. The van der Waals surface area contributed by atoms with Crippen molar-refractivity contribution in [3.05, 3.63) is 52.1 Å². The molecule has 0 aliphatic carbocycles. The maximum absolute atomic E-state index is 10.6. The van der Waals surface area contributed by atoms with Crippen molar-refractivity contribution in [3.63, 3.8) is 0 Å². The van der Waals surface area contributed by atoms with Crippen LogP contribution in [-0.4, -0.2) is 23.5 Å². The van der Waals surface area contributed by atoms with Crippen molar-refractivity contribution in [2.75, 3.05) is 6.54 Å². The molecule has 0 bridgehead atoms. The summed E-state index contributed by atoms with van der Waals surface area (Å²) in [4.78, 5) is 14.7. The number of benzene rings is 1. The summed E-state index contributed by atoms with van der Waals surface area (Å²) in [6.07, 6.45) is 0. The van der Waals surface area contributed by atoms with Crippen LogP contribution in [0.4, 0.5) is 5.69 Å². The van der Waals surface area contributed by atoms with Crippen molar-refractivity contribution >= 4 is 11.6 Å². The predicted molar refractivity (Wildman–Crippen MR) is 85.3 cm³/mol. The molecule has 0 heterocycles. The minimum absolute atomic E-state index is 0.0867. The maximum atomic E-state index is 10.6. The first-order chi connectivity index (χ1) is 9.88. The van der Waals surface area contributed by atoms with Crippen LogP contribution in [0.15, 0.2) is 41.4 Å². The fourth-order valence-corrected chi connectivity index (χ4v) is 1.55. The molecule has 1 rings (SSSR count). The first kappa shape index (κ1) is 16.7. The van der Waals surface area contributed by atoms with Crippen LogP contribution in [-0.2, 0) is 6.54 Å². The molecule has 0 atom stereocenters. The Hall–Kier alpha value is -2.37. The van der Waals surface area contributed by atoms with Gasteiger partial charge in [-0.2, -0.15) is 0 Å². The van der Waals surface area contributed by atoms with Gasteiger partial charge < -0.3 is 10.6 Å². The van der Waals surface area contributed by atoms with E-state index in [1.165, 1.54) is 12.1 Å². The highest BCUT2D eigenvalue weighted by molar-refractivity contribution is 5.80. The molecule has 0 saturated carbocycles. The maximum Gasteiger partial charge on any atom is 0.269 e. The van der Waals surface area contributed by atoms with E-state index in [9.17, 15) is 10.1 Å². The molecule has 0 amide bonds. The highest BCUT2D eigenvalue weighted by atomic mass is 16.6. The van der Waals surface area contributed by atoms with Gasteiger partial charge in [-0.15, -0.1) is 0 Å². The van der Waals surface area contributed by atoms with Gasteiger partial charge in [-0.3, -0.25) is 10.1 Å². The normalized spacial score (nSPS) is 11.3. The van der Waals surface area contributed by atoms with Gasteiger partial charge in [-0.1, -0.05) is 24.3 Å². The molecule has 114 valence electrons. The summed E-state index contributed by atoms with van der Waals surface area (Å²) in [6, 6.07) is 6.67. The number of nitro benzene ring substituents is 1. The second-order valence-corrected chi connectivity index (χ2v) is 5.20. The highest BCUT2D eigenvalue weighted by Crippen LogP contribution is 2.12. The summed E-state index contributed by atoms with van der Waals surface area (Å²) in [5.41, 5.74) is 2.02. The van der Waals surface area contributed by atoms with Crippen LogP contribution in [0.1, 0.15) is 26.3 Å². The number of nitro groups is 1. The smallest absolute Gasteiger partial charge is 0.269 e. The number of nitrogens with one attached hydrogen (secondary N) is 2. The van der Waals surface area contributed by atoms with E-state index in [1.807, 2.05) is 20.8 Å². The van der Waals surface area contributed by atoms with E-state index in [1.54, 1.807) is 12.1 Å². The third-order valence-electron chi connectivity index (χ3n) is 2.55. The van der Waals surface area contributed by atoms with Crippen molar-refractivity contribution in [1.29, 1.82) is 0 Å². The lowest BCUT2D eigenvalue weighted by molar-refractivity contribution is -0.384. The Morgan fingerprint density at radius 1 is 1.38 bits per heavy atom. The Morgan fingerprint density at radius 3 is 2.48 bits per heavy atom. The van der Waals surface area contributed by atoms with Gasteiger partial charge >= 0.3 is 0 Å². The molecule has 6 nitrogen and oxygen atoms in total. The summed E-state index contributed by atoms with van der Waals surface area (Å²) >= 11 is 0. The summed E-state index contributed by atoms with van der Waals surface area (Å²) < 4.78 is 0. The van der Waals surface area contributed by atoms with Gasteiger partial charge in [0.1, 0.15) is 0 Å². The lowest BCUT2D eigenvalue weighted by Crippen LogP contribution is -2.41. The molecule has 2 N–H and O–H groups in total. The number of aliphatic imine (C=N–C) groups is 1. The Labute approximate surface area is 125 Å². The molecule has 0 saturated heterocycles. The van der Waals surface area contributed by atoms with Crippen LogP contribution >= 0.6 is 0 Å². The molecule has 0 fully saturated rings. The molecule has 0 unspecified atom stereocenters. The molecule has 0 aromatic heterocycles. The number of non-ortho nitro benzene ring substituents is 1. The summed E-state index contributed by atoms with van der Waals surface area (Å²) in [5, 5.41) is 17.0. The van der Waals surface area contributed by atoms with Crippen LogP contribution < -0.4 is 10.6 Å². The van der Waals surface area contributed by atoms with E-state index < -0.39 is 4.92 Å². The van der Waals surface area contributed by atoms with Crippen molar-refractivity contribution in [2.45, 2.75) is 33.4 Å². The lowest BCUT2D eigenvalue weighted by Gasteiger charge is -2.15. The van der Waals surface area contributed by atoms with Crippen LogP contribution in [0.25, 0.3) is 0 Å². The van der Waals surface area contributed by atoms with E-state index in [2.05, 4.69) is 22.2 Å². The Bertz CT molecular complexity index is 521. The largest absolute Gasteiger partial charge is 0.354 e. The third-order valence-corrected chi connectivity index (χ3v) is 2.55. The first-order valence-corrected chi connectivity index (χ1v) is 6.81. The van der Waals surface area contributed by atoms with E-state index in [0.29, 0.717) is 19.0 Å². The van der Waals surface area contributed by atoms with E-state index >= 15 is 0 Å². The first-order valence-electron chi connectivity index (χ1n) is 6.81. The van der Waals surface area contributed by atoms with Crippen molar-refractivity contribution in [3.8, 4) is 0 Å². The number of nitrogens with zero attached hydrogens (tertiary/aromatic N) is 2. The third kappa shape index (κ3) is 6.56. The van der Waals surface area contributed by atoms with Gasteiger partial charge in [0.05, 0.1) is 11.5 Å². The number of guanidine groups is 1. The van der Waals surface area contributed by atoms with Crippen molar-refractivity contribution < 1.29 is 4.92 Å². The van der Waals surface area contributed by atoms with Gasteiger partial charge in [0.25, 0.3) is 5.69 Å². The topological polar surface area (TPSA) is 79.6 Å². The molecular formula is C15H22N4O2. The molecule has 0 radical (unpaired) electrons. The average molecular weight is 290 g/mol. The van der Waals surface area contributed by atoms with E-state index in [4.69, 9.17) is 0 Å². The van der Waals surface area contributed by atoms with Gasteiger partial charge in [0.15, 0.2) is 5.96 Å². The molecule has 0 aliphatic rings. The molecule has 6 heteroatoms. The van der Waals surface area contributed by atoms with Gasteiger partial charge in [0.2, 0.25) is 0 Å². The number of hydrogen-bond donors (Lipinski definition) is 2. The zero-order valence-electron chi connectivity index (χ0n) is 12.7. The monoisotopic (exact) mass is 290 g/mol. The quantitative estimate of drug-likeness (QED) is 0.277. The second-order valence-electron chi connectivity index (χ2n) is 5.20. The molecular weight excluding hydrogens is 268 g/mol. The predicted octanol–water partition coefficient (Wildman–Crippen LogP) is 2.61. The van der Waals surface area contributed by atoms with Crippen LogP contribution in [0, 0.1) is 10.1 Å². The van der Waals surface area contributed by atoms with Crippen LogP contribution in [0.3, 0.4) is 0 Å². The van der Waals surface area contributed by atoms with Crippen molar-refractivity contribution in [2.24, 2.45) is 4.99 Å². The number of hydrogen-bond acceptors (Lipinski definition) is 3. The summed E-state index contributed by atoms with van der Waals surface area (Å²) in [6.45, 7) is 11.0. The summed E-state index contributed by atoms with van der Waals surface area (Å²) in [7, 11) is 0.